The molecule has 0 aliphatic heterocycles. The number of carbonyl (C=O) groups is 1. The Hall–Kier alpha value is -0.610. The Labute approximate surface area is 105 Å². The minimum atomic E-state index is -0.118. The molecular formula is C13H26N2O2. The van der Waals surface area contributed by atoms with Crippen LogP contribution in [0.1, 0.15) is 26.7 Å². The lowest BCUT2D eigenvalue weighted by Crippen LogP contribution is -2.51. The molecule has 0 heterocycles. The average molecular weight is 242 g/mol. The molecule has 0 amide bonds. The second-order valence-corrected chi connectivity index (χ2v) is 5.62. The normalized spacial score (nSPS) is 19.5. The summed E-state index contributed by atoms with van der Waals surface area (Å²) in [5.74, 6) is 0.867. The summed E-state index contributed by atoms with van der Waals surface area (Å²) in [6.07, 6.45) is 2.28. The van der Waals surface area contributed by atoms with E-state index in [0.29, 0.717) is 17.9 Å². The number of hydrogen-bond acceptors (Lipinski definition) is 4. The third-order valence-electron chi connectivity index (χ3n) is 3.31. The van der Waals surface area contributed by atoms with Crippen molar-refractivity contribution in [2.75, 3.05) is 27.7 Å². The third kappa shape index (κ3) is 4.64. The number of hydrogen-bond donors (Lipinski definition) is 1. The number of carbonyl (C=O) groups excluding carboxylic acids is 1. The second kappa shape index (κ2) is 6.36. The number of rotatable bonds is 7. The zero-order valence-electron chi connectivity index (χ0n) is 11.7. The van der Waals surface area contributed by atoms with Gasteiger partial charge in [-0.25, -0.2) is 0 Å². The van der Waals surface area contributed by atoms with Crippen molar-refractivity contribution >= 4 is 5.97 Å². The molecule has 4 heteroatoms. The minimum absolute atomic E-state index is 0.114. The standard InChI is InChI=1S/C13H26N2O2/c1-9(2)11(8-15(3)4)14-12(10-6-7-10)13(16)17-5/h9-12,14H,6-8H2,1-5H3. The summed E-state index contributed by atoms with van der Waals surface area (Å²) < 4.78 is 4.88. The molecule has 0 saturated heterocycles. The molecular weight excluding hydrogens is 216 g/mol. The van der Waals surface area contributed by atoms with Crippen LogP contribution in [0.4, 0.5) is 0 Å². The van der Waals surface area contributed by atoms with Crippen LogP contribution in [0.5, 0.6) is 0 Å². The summed E-state index contributed by atoms with van der Waals surface area (Å²) in [7, 11) is 5.58. The SMILES string of the molecule is COC(=O)C(NC(CN(C)C)C(C)C)C1CC1. The van der Waals surface area contributed by atoms with Crippen molar-refractivity contribution in [3.8, 4) is 0 Å². The maximum Gasteiger partial charge on any atom is 0.323 e. The molecule has 2 unspecified atom stereocenters. The topological polar surface area (TPSA) is 41.6 Å². The molecule has 1 saturated carbocycles. The van der Waals surface area contributed by atoms with E-state index in [0.717, 1.165) is 19.4 Å². The first kappa shape index (κ1) is 14.5. The Bertz CT molecular complexity index is 250. The minimum Gasteiger partial charge on any atom is -0.468 e. The molecule has 0 aromatic heterocycles. The molecule has 0 aromatic carbocycles. The molecule has 1 aliphatic rings. The van der Waals surface area contributed by atoms with Gasteiger partial charge in [0.25, 0.3) is 0 Å². The van der Waals surface area contributed by atoms with Crippen molar-refractivity contribution in [2.45, 2.75) is 38.8 Å². The van der Waals surface area contributed by atoms with E-state index in [4.69, 9.17) is 4.74 Å². The van der Waals surface area contributed by atoms with Gasteiger partial charge in [-0.05, 0) is 38.8 Å². The molecule has 0 radical (unpaired) electrons. The third-order valence-corrected chi connectivity index (χ3v) is 3.31. The van der Waals surface area contributed by atoms with Gasteiger partial charge in [0.2, 0.25) is 0 Å². The Balaban J connectivity index is 2.58. The van der Waals surface area contributed by atoms with Crippen LogP contribution < -0.4 is 5.32 Å². The Kier molecular flexibility index (Phi) is 5.40. The fourth-order valence-electron chi connectivity index (χ4n) is 2.03. The molecule has 1 fully saturated rings. The summed E-state index contributed by atoms with van der Waals surface area (Å²) in [5, 5.41) is 3.48. The maximum absolute atomic E-state index is 11.7. The molecule has 1 rings (SSSR count). The lowest BCUT2D eigenvalue weighted by molar-refractivity contribution is -0.144. The Morgan fingerprint density at radius 1 is 1.41 bits per heavy atom. The van der Waals surface area contributed by atoms with E-state index in [2.05, 4.69) is 38.2 Å². The molecule has 1 aliphatic carbocycles. The number of nitrogens with zero attached hydrogens (tertiary/aromatic N) is 1. The van der Waals surface area contributed by atoms with Crippen molar-refractivity contribution in [3.63, 3.8) is 0 Å². The van der Waals surface area contributed by atoms with Crippen LogP contribution in [0.25, 0.3) is 0 Å². The van der Waals surface area contributed by atoms with E-state index >= 15 is 0 Å². The molecule has 4 nitrogen and oxygen atoms in total. The van der Waals surface area contributed by atoms with Crippen LogP contribution in [-0.2, 0) is 9.53 Å². The summed E-state index contributed by atoms with van der Waals surface area (Å²) in [6.45, 7) is 5.31. The van der Waals surface area contributed by atoms with Gasteiger partial charge in [-0.2, -0.15) is 0 Å². The van der Waals surface area contributed by atoms with E-state index in [1.54, 1.807) is 0 Å². The van der Waals surface area contributed by atoms with Gasteiger partial charge in [-0.1, -0.05) is 13.8 Å². The second-order valence-electron chi connectivity index (χ2n) is 5.62. The fourth-order valence-corrected chi connectivity index (χ4v) is 2.03. The van der Waals surface area contributed by atoms with Crippen LogP contribution in [-0.4, -0.2) is 50.7 Å². The van der Waals surface area contributed by atoms with Crippen molar-refractivity contribution in [3.05, 3.63) is 0 Å². The highest BCUT2D eigenvalue weighted by molar-refractivity contribution is 5.76. The van der Waals surface area contributed by atoms with Crippen molar-refractivity contribution in [1.82, 2.24) is 10.2 Å². The van der Waals surface area contributed by atoms with Gasteiger partial charge in [0.05, 0.1) is 7.11 Å². The van der Waals surface area contributed by atoms with E-state index in [1.165, 1.54) is 7.11 Å². The number of methoxy groups -OCH3 is 1. The van der Waals surface area contributed by atoms with Crippen LogP contribution in [0, 0.1) is 11.8 Å². The smallest absolute Gasteiger partial charge is 0.323 e. The monoisotopic (exact) mass is 242 g/mol. The molecule has 0 spiro atoms. The number of likely N-dealkylation sites (N-methyl/N-ethyl adjacent to an activating group) is 1. The van der Waals surface area contributed by atoms with Gasteiger partial charge in [-0.15, -0.1) is 0 Å². The first-order valence-corrected chi connectivity index (χ1v) is 6.44. The summed E-state index contributed by atoms with van der Waals surface area (Å²) >= 11 is 0. The van der Waals surface area contributed by atoms with Gasteiger partial charge >= 0.3 is 5.97 Å². The molecule has 1 N–H and O–H groups in total. The predicted molar refractivity (Wildman–Crippen MR) is 68.8 cm³/mol. The molecule has 2 atom stereocenters. The lowest BCUT2D eigenvalue weighted by atomic mass is 10.0. The zero-order chi connectivity index (χ0) is 13.0. The van der Waals surface area contributed by atoms with Gasteiger partial charge in [0.15, 0.2) is 0 Å². The first-order valence-electron chi connectivity index (χ1n) is 6.44. The zero-order valence-corrected chi connectivity index (χ0v) is 11.7. The van der Waals surface area contributed by atoms with Gasteiger partial charge in [-0.3, -0.25) is 10.1 Å². The van der Waals surface area contributed by atoms with Crippen molar-refractivity contribution in [2.24, 2.45) is 11.8 Å². The quantitative estimate of drug-likeness (QED) is 0.679. The van der Waals surface area contributed by atoms with Crippen LogP contribution in [0.3, 0.4) is 0 Å². The predicted octanol–water partition coefficient (Wildman–Crippen LogP) is 1.11. The van der Waals surface area contributed by atoms with Crippen LogP contribution in [0.15, 0.2) is 0 Å². The fraction of sp³-hybridized carbons (Fsp3) is 0.923. The van der Waals surface area contributed by atoms with E-state index in [9.17, 15) is 4.79 Å². The van der Waals surface area contributed by atoms with E-state index in [1.807, 2.05) is 0 Å². The van der Waals surface area contributed by atoms with Gasteiger partial charge < -0.3 is 9.64 Å². The largest absolute Gasteiger partial charge is 0.468 e. The molecule has 17 heavy (non-hydrogen) atoms. The highest BCUT2D eigenvalue weighted by Gasteiger charge is 2.38. The van der Waals surface area contributed by atoms with Crippen LogP contribution >= 0.6 is 0 Å². The van der Waals surface area contributed by atoms with Crippen molar-refractivity contribution < 1.29 is 9.53 Å². The summed E-state index contributed by atoms with van der Waals surface area (Å²) in [6, 6.07) is 0.210. The Morgan fingerprint density at radius 3 is 2.35 bits per heavy atom. The lowest BCUT2D eigenvalue weighted by Gasteiger charge is -2.29. The highest BCUT2D eigenvalue weighted by atomic mass is 16.5. The van der Waals surface area contributed by atoms with Crippen LogP contribution in [0.2, 0.25) is 0 Å². The molecule has 0 bridgehead atoms. The van der Waals surface area contributed by atoms with Gasteiger partial charge in [0, 0.05) is 12.6 Å². The van der Waals surface area contributed by atoms with E-state index < -0.39 is 0 Å². The van der Waals surface area contributed by atoms with Crippen molar-refractivity contribution in [1.29, 1.82) is 0 Å². The summed E-state index contributed by atoms with van der Waals surface area (Å²) in [4.78, 5) is 13.9. The average Bonchev–Trinajstić information content (AvgIpc) is 3.06. The van der Waals surface area contributed by atoms with E-state index in [-0.39, 0.29) is 12.0 Å². The number of ether oxygens (including phenoxy) is 1. The molecule has 0 aromatic rings. The Morgan fingerprint density at radius 2 is 2.00 bits per heavy atom. The summed E-state index contributed by atoms with van der Waals surface area (Å²) in [5.41, 5.74) is 0. The molecule has 100 valence electrons. The number of nitrogens with one attached hydrogen (secondary N) is 1. The first-order chi connectivity index (χ1) is 7.95. The maximum atomic E-state index is 11.7. The highest BCUT2D eigenvalue weighted by Crippen LogP contribution is 2.33. The van der Waals surface area contributed by atoms with Gasteiger partial charge in [0.1, 0.15) is 6.04 Å². The number of esters is 1.